The molecule has 0 bridgehead atoms. The average molecular weight is 270 g/mol. The molecule has 0 spiro atoms. The van der Waals surface area contributed by atoms with E-state index in [9.17, 15) is 0 Å². The zero-order valence-corrected chi connectivity index (χ0v) is 11.5. The van der Waals surface area contributed by atoms with Gasteiger partial charge in [-0.1, -0.05) is 16.8 Å². The maximum Gasteiger partial charge on any atom is 0.223 e. The smallest absolute Gasteiger partial charge is 0.223 e. The molecule has 0 atom stereocenters. The van der Waals surface area contributed by atoms with Crippen LogP contribution in [0.4, 0.5) is 0 Å². The minimum absolute atomic E-state index is 0.593. The predicted octanol–water partition coefficient (Wildman–Crippen LogP) is 1.41. The number of halogens is 1. The van der Waals surface area contributed by atoms with Crippen LogP contribution in [0.5, 0.6) is 0 Å². The lowest BCUT2D eigenvalue weighted by molar-refractivity contribution is 0.387. The molecule has 18 heavy (non-hydrogen) atoms. The maximum atomic E-state index is 6.15. The Bertz CT molecular complexity index is 534. The Kier molecular flexibility index (Phi) is 3.98. The molecule has 0 radical (unpaired) electrons. The van der Waals surface area contributed by atoms with Crippen molar-refractivity contribution in [2.75, 3.05) is 6.54 Å². The minimum Gasteiger partial charge on any atom is -0.340 e. The minimum atomic E-state index is 0.593. The highest BCUT2D eigenvalue weighted by molar-refractivity contribution is 6.31. The van der Waals surface area contributed by atoms with Crippen LogP contribution < -0.4 is 5.32 Å². The fraction of sp³-hybridized carbons (Fsp3) is 0.545. The van der Waals surface area contributed by atoms with Crippen molar-refractivity contribution >= 4 is 11.6 Å². The number of nitrogens with zero attached hydrogens (tertiary/aromatic N) is 4. The molecule has 0 aliphatic rings. The Morgan fingerprint density at radius 3 is 2.72 bits per heavy atom. The lowest BCUT2D eigenvalue weighted by atomic mass is 10.3. The van der Waals surface area contributed by atoms with Crippen molar-refractivity contribution in [3.63, 3.8) is 0 Å². The van der Waals surface area contributed by atoms with Gasteiger partial charge >= 0.3 is 0 Å². The molecule has 0 amide bonds. The summed E-state index contributed by atoms with van der Waals surface area (Å²) in [6.45, 7) is 5.11. The summed E-state index contributed by atoms with van der Waals surface area (Å²) < 4.78 is 6.69. The molecular formula is C11H16ClN5O. The fourth-order valence-electron chi connectivity index (χ4n) is 1.72. The molecule has 2 aromatic rings. The molecule has 2 heterocycles. The van der Waals surface area contributed by atoms with Gasteiger partial charge in [0, 0.05) is 33.5 Å². The lowest BCUT2D eigenvalue weighted by Crippen LogP contribution is -2.19. The van der Waals surface area contributed by atoms with Crippen molar-refractivity contribution in [3.8, 4) is 0 Å². The van der Waals surface area contributed by atoms with Gasteiger partial charge in [0.15, 0.2) is 5.82 Å². The monoisotopic (exact) mass is 269 g/mol. The highest BCUT2D eigenvalue weighted by Gasteiger charge is 2.10. The first kappa shape index (κ1) is 13.0. The molecule has 0 saturated heterocycles. The largest absolute Gasteiger partial charge is 0.340 e. The summed E-state index contributed by atoms with van der Waals surface area (Å²) in [6, 6.07) is 0. The van der Waals surface area contributed by atoms with Crippen LogP contribution in [0.25, 0.3) is 0 Å². The van der Waals surface area contributed by atoms with Gasteiger partial charge in [0.1, 0.15) is 0 Å². The molecule has 0 fully saturated rings. The van der Waals surface area contributed by atoms with Crippen LogP contribution in [0.1, 0.15) is 23.1 Å². The van der Waals surface area contributed by atoms with Gasteiger partial charge in [-0.3, -0.25) is 4.68 Å². The van der Waals surface area contributed by atoms with E-state index in [2.05, 4.69) is 20.6 Å². The molecule has 0 unspecified atom stereocenters. The summed E-state index contributed by atoms with van der Waals surface area (Å²) in [7, 11) is 1.89. The zero-order valence-electron chi connectivity index (χ0n) is 10.7. The second-order valence-corrected chi connectivity index (χ2v) is 4.50. The van der Waals surface area contributed by atoms with Crippen molar-refractivity contribution < 1.29 is 4.52 Å². The molecule has 6 nitrogen and oxygen atoms in total. The van der Waals surface area contributed by atoms with E-state index in [1.807, 2.05) is 14.0 Å². The number of aryl methyl sites for hydroxylation is 3. The first-order chi connectivity index (χ1) is 8.58. The van der Waals surface area contributed by atoms with Crippen LogP contribution in [0.3, 0.4) is 0 Å². The number of rotatable bonds is 5. The average Bonchev–Trinajstić information content (AvgIpc) is 2.82. The van der Waals surface area contributed by atoms with Gasteiger partial charge in [0.25, 0.3) is 0 Å². The molecule has 98 valence electrons. The van der Waals surface area contributed by atoms with Gasteiger partial charge in [-0.05, 0) is 6.92 Å². The molecule has 0 aliphatic carbocycles. The standard InChI is InChI=1S/C11H16ClN5O/c1-7-11(12)9(17(3)15-7)6-13-5-4-10-14-8(2)18-16-10/h13H,4-6H2,1-3H3. The molecule has 2 rings (SSSR count). The van der Waals surface area contributed by atoms with E-state index < -0.39 is 0 Å². The summed E-state index contributed by atoms with van der Waals surface area (Å²) in [5.74, 6) is 1.31. The molecule has 7 heteroatoms. The highest BCUT2D eigenvalue weighted by atomic mass is 35.5. The Hall–Kier alpha value is -1.40. The van der Waals surface area contributed by atoms with Crippen molar-refractivity contribution in [1.82, 2.24) is 25.2 Å². The maximum absolute atomic E-state index is 6.15. The van der Waals surface area contributed by atoms with Crippen molar-refractivity contribution in [2.24, 2.45) is 7.05 Å². The van der Waals surface area contributed by atoms with Gasteiger partial charge < -0.3 is 9.84 Å². The van der Waals surface area contributed by atoms with E-state index in [0.29, 0.717) is 18.3 Å². The van der Waals surface area contributed by atoms with Crippen LogP contribution >= 0.6 is 11.6 Å². The summed E-state index contributed by atoms with van der Waals surface area (Å²) in [5, 5.41) is 12.1. The molecule has 2 aromatic heterocycles. The van der Waals surface area contributed by atoms with E-state index >= 15 is 0 Å². The Morgan fingerprint density at radius 1 is 1.39 bits per heavy atom. The fourth-order valence-corrected chi connectivity index (χ4v) is 1.95. The highest BCUT2D eigenvalue weighted by Crippen LogP contribution is 2.18. The van der Waals surface area contributed by atoms with Gasteiger partial charge in [0.05, 0.1) is 16.4 Å². The van der Waals surface area contributed by atoms with Crippen molar-refractivity contribution in [2.45, 2.75) is 26.8 Å². The second-order valence-electron chi connectivity index (χ2n) is 4.13. The first-order valence-corrected chi connectivity index (χ1v) is 6.13. The van der Waals surface area contributed by atoms with Crippen LogP contribution in [0.15, 0.2) is 4.52 Å². The van der Waals surface area contributed by atoms with Crippen LogP contribution in [-0.4, -0.2) is 26.5 Å². The van der Waals surface area contributed by atoms with Crippen LogP contribution in [0, 0.1) is 13.8 Å². The summed E-state index contributed by atoms with van der Waals surface area (Å²) in [4.78, 5) is 4.13. The number of aromatic nitrogens is 4. The number of nitrogens with one attached hydrogen (secondary N) is 1. The van der Waals surface area contributed by atoms with Gasteiger partial charge in [-0.15, -0.1) is 0 Å². The molecule has 0 saturated carbocycles. The third-order valence-electron chi connectivity index (χ3n) is 2.65. The number of hydrogen-bond acceptors (Lipinski definition) is 5. The Morgan fingerprint density at radius 2 is 2.17 bits per heavy atom. The Labute approximate surface area is 110 Å². The Balaban J connectivity index is 1.82. The van der Waals surface area contributed by atoms with E-state index in [0.717, 1.165) is 29.4 Å². The first-order valence-electron chi connectivity index (χ1n) is 5.76. The lowest BCUT2D eigenvalue weighted by Gasteiger charge is -2.04. The quantitative estimate of drug-likeness (QED) is 0.831. The van der Waals surface area contributed by atoms with Gasteiger partial charge in [0.2, 0.25) is 5.89 Å². The molecular weight excluding hydrogens is 254 g/mol. The third-order valence-corrected chi connectivity index (χ3v) is 3.14. The molecule has 0 aliphatic heterocycles. The second kappa shape index (κ2) is 5.49. The van der Waals surface area contributed by atoms with Crippen LogP contribution in [0.2, 0.25) is 5.02 Å². The molecule has 1 N–H and O–H groups in total. The van der Waals surface area contributed by atoms with E-state index in [-0.39, 0.29) is 0 Å². The van der Waals surface area contributed by atoms with E-state index in [4.69, 9.17) is 16.1 Å². The van der Waals surface area contributed by atoms with Crippen molar-refractivity contribution in [1.29, 1.82) is 0 Å². The van der Waals surface area contributed by atoms with E-state index in [1.165, 1.54) is 0 Å². The summed E-state index contributed by atoms with van der Waals surface area (Å²) in [5.41, 5.74) is 1.84. The number of hydrogen-bond donors (Lipinski definition) is 1. The normalized spacial score (nSPS) is 11.1. The summed E-state index contributed by atoms with van der Waals surface area (Å²) >= 11 is 6.15. The third kappa shape index (κ3) is 2.88. The predicted molar refractivity (Wildman–Crippen MR) is 67.4 cm³/mol. The van der Waals surface area contributed by atoms with Gasteiger partial charge in [-0.2, -0.15) is 10.1 Å². The van der Waals surface area contributed by atoms with E-state index in [1.54, 1.807) is 11.6 Å². The topological polar surface area (TPSA) is 68.8 Å². The van der Waals surface area contributed by atoms with Crippen LogP contribution in [-0.2, 0) is 20.0 Å². The SMILES string of the molecule is Cc1nc(CCNCc2c(Cl)c(C)nn2C)no1. The van der Waals surface area contributed by atoms with Gasteiger partial charge in [-0.25, -0.2) is 0 Å². The molecule has 0 aromatic carbocycles. The van der Waals surface area contributed by atoms with Crippen molar-refractivity contribution in [3.05, 3.63) is 28.1 Å². The summed E-state index contributed by atoms with van der Waals surface area (Å²) in [6.07, 6.45) is 0.728. The zero-order chi connectivity index (χ0) is 13.1.